The Labute approximate surface area is 122 Å². The van der Waals surface area contributed by atoms with Crippen LogP contribution >= 0.6 is 0 Å². The number of hydrogen-bond donors (Lipinski definition) is 2. The molecule has 0 aliphatic carbocycles. The fourth-order valence-electron chi connectivity index (χ4n) is 1.58. The summed E-state index contributed by atoms with van der Waals surface area (Å²) in [5, 5.41) is 15.8. The molecule has 1 aromatic rings. The first-order chi connectivity index (χ1) is 9.93. The largest absolute Gasteiger partial charge is 0.351 e. The van der Waals surface area contributed by atoms with Crippen molar-refractivity contribution in [2.45, 2.75) is 20.3 Å². The van der Waals surface area contributed by atoms with Gasteiger partial charge in [-0.25, -0.2) is 0 Å². The summed E-state index contributed by atoms with van der Waals surface area (Å²) < 4.78 is 0. The van der Waals surface area contributed by atoms with Crippen LogP contribution in [0.2, 0.25) is 0 Å². The van der Waals surface area contributed by atoms with Crippen LogP contribution in [0.5, 0.6) is 0 Å². The molecule has 0 atom stereocenters. The maximum atomic E-state index is 11.9. The number of amides is 2. The molecule has 0 saturated heterocycles. The van der Waals surface area contributed by atoms with Crippen LogP contribution in [0.15, 0.2) is 30.0 Å². The van der Waals surface area contributed by atoms with Gasteiger partial charge in [0.25, 0.3) is 11.6 Å². The standard InChI is InChI=1S/C14H17N3O4/c1-3-7-15-14(19)13(16-10(2)18)9-11-5-4-6-12(8-11)17(20)21/h4-6,8-9H,3,7H2,1-2H3,(H,15,19)(H,16,18)/b13-9-. The van der Waals surface area contributed by atoms with Crippen LogP contribution in [0.4, 0.5) is 5.69 Å². The van der Waals surface area contributed by atoms with Crippen molar-refractivity contribution in [3.05, 3.63) is 45.6 Å². The second-order valence-electron chi connectivity index (χ2n) is 4.35. The van der Waals surface area contributed by atoms with Gasteiger partial charge in [0.2, 0.25) is 5.91 Å². The van der Waals surface area contributed by atoms with Crippen LogP contribution in [0.3, 0.4) is 0 Å². The highest BCUT2D eigenvalue weighted by molar-refractivity contribution is 6.00. The Kier molecular flexibility index (Phi) is 6.06. The Morgan fingerprint density at radius 3 is 2.67 bits per heavy atom. The Morgan fingerprint density at radius 2 is 2.10 bits per heavy atom. The number of hydrogen-bond acceptors (Lipinski definition) is 4. The number of nitro benzene ring substituents is 1. The molecule has 0 aromatic heterocycles. The number of nitrogens with zero attached hydrogens (tertiary/aromatic N) is 1. The lowest BCUT2D eigenvalue weighted by atomic mass is 10.1. The van der Waals surface area contributed by atoms with Gasteiger partial charge in [-0.1, -0.05) is 19.1 Å². The Balaban J connectivity index is 3.06. The van der Waals surface area contributed by atoms with Crippen molar-refractivity contribution in [2.75, 3.05) is 6.54 Å². The van der Waals surface area contributed by atoms with Crippen molar-refractivity contribution in [3.8, 4) is 0 Å². The summed E-state index contributed by atoms with van der Waals surface area (Å²) in [7, 11) is 0. The number of nitrogens with one attached hydrogen (secondary N) is 2. The van der Waals surface area contributed by atoms with E-state index < -0.39 is 16.7 Å². The summed E-state index contributed by atoms with van der Waals surface area (Å²) in [5.74, 6) is -0.822. The van der Waals surface area contributed by atoms with Crippen LogP contribution in [-0.4, -0.2) is 23.3 Å². The lowest BCUT2D eigenvalue weighted by Crippen LogP contribution is -2.34. The molecular formula is C14H17N3O4. The molecule has 0 aliphatic heterocycles. The zero-order valence-electron chi connectivity index (χ0n) is 11.9. The molecule has 1 aromatic carbocycles. The molecule has 7 heteroatoms. The van der Waals surface area contributed by atoms with Gasteiger partial charge in [0.05, 0.1) is 4.92 Å². The van der Waals surface area contributed by atoms with E-state index >= 15 is 0 Å². The van der Waals surface area contributed by atoms with Crippen molar-refractivity contribution in [3.63, 3.8) is 0 Å². The van der Waals surface area contributed by atoms with Crippen LogP contribution in [0.25, 0.3) is 6.08 Å². The highest BCUT2D eigenvalue weighted by Gasteiger charge is 2.11. The zero-order valence-corrected chi connectivity index (χ0v) is 11.9. The molecule has 1 rings (SSSR count). The Bertz CT molecular complexity index is 581. The van der Waals surface area contributed by atoms with Crippen molar-refractivity contribution in [1.29, 1.82) is 0 Å². The fourth-order valence-corrected chi connectivity index (χ4v) is 1.58. The number of carbonyl (C=O) groups is 2. The van der Waals surface area contributed by atoms with Crippen LogP contribution in [-0.2, 0) is 9.59 Å². The monoisotopic (exact) mass is 291 g/mol. The molecule has 112 valence electrons. The number of carbonyl (C=O) groups excluding carboxylic acids is 2. The maximum absolute atomic E-state index is 11.9. The first kappa shape index (κ1) is 16.4. The maximum Gasteiger partial charge on any atom is 0.270 e. The van der Waals surface area contributed by atoms with Crippen LogP contribution < -0.4 is 10.6 Å². The summed E-state index contributed by atoms with van der Waals surface area (Å²) in [6.45, 7) is 3.67. The summed E-state index contributed by atoms with van der Waals surface area (Å²) in [6, 6.07) is 5.81. The third-order valence-corrected chi connectivity index (χ3v) is 2.48. The number of nitro groups is 1. The highest BCUT2D eigenvalue weighted by atomic mass is 16.6. The third-order valence-electron chi connectivity index (χ3n) is 2.48. The number of benzene rings is 1. The molecule has 0 aliphatic rings. The van der Waals surface area contributed by atoms with E-state index in [2.05, 4.69) is 10.6 Å². The molecule has 7 nitrogen and oxygen atoms in total. The summed E-state index contributed by atoms with van der Waals surface area (Å²) in [5.41, 5.74) is 0.427. The van der Waals surface area contributed by atoms with Gasteiger partial charge in [-0.05, 0) is 18.1 Å². The van der Waals surface area contributed by atoms with Gasteiger partial charge in [-0.3, -0.25) is 19.7 Å². The minimum absolute atomic E-state index is 0.0523. The van der Waals surface area contributed by atoms with Crippen molar-refractivity contribution in [2.24, 2.45) is 0 Å². The lowest BCUT2D eigenvalue weighted by molar-refractivity contribution is -0.384. The summed E-state index contributed by atoms with van der Waals surface area (Å²) in [4.78, 5) is 33.3. The molecule has 0 saturated carbocycles. The molecule has 0 bridgehead atoms. The second kappa shape index (κ2) is 7.78. The molecule has 0 radical (unpaired) electrons. The normalized spacial score (nSPS) is 10.9. The summed E-state index contributed by atoms with van der Waals surface area (Å²) >= 11 is 0. The zero-order chi connectivity index (χ0) is 15.8. The van der Waals surface area contributed by atoms with Crippen molar-refractivity contribution in [1.82, 2.24) is 10.6 Å². The minimum atomic E-state index is -0.521. The molecule has 2 N–H and O–H groups in total. The Morgan fingerprint density at radius 1 is 1.38 bits per heavy atom. The quantitative estimate of drug-likeness (QED) is 0.472. The molecule has 2 amide bonds. The molecular weight excluding hydrogens is 274 g/mol. The molecule has 0 unspecified atom stereocenters. The van der Waals surface area contributed by atoms with Gasteiger partial charge >= 0.3 is 0 Å². The third kappa shape index (κ3) is 5.43. The van der Waals surface area contributed by atoms with Gasteiger partial charge in [0.15, 0.2) is 0 Å². The van der Waals surface area contributed by atoms with E-state index in [9.17, 15) is 19.7 Å². The second-order valence-corrected chi connectivity index (χ2v) is 4.35. The average molecular weight is 291 g/mol. The topological polar surface area (TPSA) is 101 Å². The van der Waals surface area contributed by atoms with E-state index in [1.54, 1.807) is 6.07 Å². The van der Waals surface area contributed by atoms with Gasteiger partial charge in [0.1, 0.15) is 5.70 Å². The summed E-state index contributed by atoms with van der Waals surface area (Å²) in [6.07, 6.45) is 2.16. The van der Waals surface area contributed by atoms with Crippen LogP contribution in [0.1, 0.15) is 25.8 Å². The molecule has 21 heavy (non-hydrogen) atoms. The van der Waals surface area contributed by atoms with Gasteiger partial charge < -0.3 is 10.6 Å². The van der Waals surface area contributed by atoms with Crippen LogP contribution in [0, 0.1) is 10.1 Å². The van der Waals surface area contributed by atoms with Crippen molar-refractivity contribution >= 4 is 23.6 Å². The van der Waals surface area contributed by atoms with E-state index in [1.165, 1.54) is 31.2 Å². The van der Waals surface area contributed by atoms with Gasteiger partial charge in [0, 0.05) is 25.6 Å². The molecule has 0 spiro atoms. The molecule has 0 fully saturated rings. The first-order valence-electron chi connectivity index (χ1n) is 6.46. The minimum Gasteiger partial charge on any atom is -0.351 e. The predicted molar refractivity (Wildman–Crippen MR) is 78.2 cm³/mol. The predicted octanol–water partition coefficient (Wildman–Crippen LogP) is 1.60. The van der Waals surface area contributed by atoms with Crippen molar-refractivity contribution < 1.29 is 14.5 Å². The van der Waals surface area contributed by atoms with E-state index in [1.807, 2.05) is 6.92 Å². The fraction of sp³-hybridized carbons (Fsp3) is 0.286. The van der Waals surface area contributed by atoms with E-state index in [-0.39, 0.29) is 11.4 Å². The number of rotatable bonds is 6. The van der Waals surface area contributed by atoms with E-state index in [4.69, 9.17) is 0 Å². The number of non-ortho nitro benzene ring substituents is 1. The SMILES string of the molecule is CCCNC(=O)/C(=C/c1cccc([N+](=O)[O-])c1)NC(C)=O. The lowest BCUT2D eigenvalue weighted by Gasteiger charge is -2.08. The van der Waals surface area contributed by atoms with Gasteiger partial charge in [-0.15, -0.1) is 0 Å². The van der Waals surface area contributed by atoms with E-state index in [0.29, 0.717) is 12.1 Å². The smallest absolute Gasteiger partial charge is 0.270 e. The Hall–Kier alpha value is -2.70. The highest BCUT2D eigenvalue weighted by Crippen LogP contribution is 2.15. The molecule has 0 heterocycles. The van der Waals surface area contributed by atoms with Gasteiger partial charge in [-0.2, -0.15) is 0 Å². The first-order valence-corrected chi connectivity index (χ1v) is 6.46. The average Bonchev–Trinajstić information content (AvgIpc) is 2.43. The van der Waals surface area contributed by atoms with E-state index in [0.717, 1.165) is 6.42 Å².